The summed E-state index contributed by atoms with van der Waals surface area (Å²) < 4.78 is 0. The number of rotatable bonds is 6. The van der Waals surface area contributed by atoms with Crippen LogP contribution in [-0.2, 0) is 6.54 Å². The van der Waals surface area contributed by atoms with Crippen LogP contribution in [0.5, 0.6) is 0 Å². The Morgan fingerprint density at radius 2 is 1.94 bits per heavy atom. The van der Waals surface area contributed by atoms with Crippen LogP contribution < -0.4 is 5.32 Å². The van der Waals surface area contributed by atoms with Crippen LogP contribution in [0.3, 0.4) is 0 Å². The highest BCUT2D eigenvalue weighted by atomic mass is 35.5. The molecule has 0 heterocycles. The van der Waals surface area contributed by atoms with Gasteiger partial charge in [-0.1, -0.05) is 43.1 Å². The molecule has 0 bridgehead atoms. The molecular formula is C13H19Cl2NO. The van der Waals surface area contributed by atoms with Gasteiger partial charge in [0.2, 0.25) is 0 Å². The molecule has 2 N–H and O–H groups in total. The van der Waals surface area contributed by atoms with Gasteiger partial charge in [0.1, 0.15) is 0 Å². The summed E-state index contributed by atoms with van der Waals surface area (Å²) in [6.45, 7) is 6.09. The zero-order valence-corrected chi connectivity index (χ0v) is 11.8. The molecule has 0 saturated carbocycles. The van der Waals surface area contributed by atoms with Crippen molar-refractivity contribution in [2.45, 2.75) is 26.8 Å². The van der Waals surface area contributed by atoms with Gasteiger partial charge < -0.3 is 10.4 Å². The number of hydrogen-bond acceptors (Lipinski definition) is 2. The molecule has 1 aromatic carbocycles. The van der Waals surface area contributed by atoms with Crippen molar-refractivity contribution in [3.63, 3.8) is 0 Å². The molecule has 0 aromatic heterocycles. The molecule has 0 aliphatic rings. The minimum absolute atomic E-state index is 0.102. The van der Waals surface area contributed by atoms with Crippen molar-refractivity contribution in [3.05, 3.63) is 33.8 Å². The molecule has 0 fully saturated rings. The molecular weight excluding hydrogens is 257 g/mol. The first-order valence-corrected chi connectivity index (χ1v) is 6.46. The third-order valence-electron chi connectivity index (χ3n) is 2.71. The molecule has 2 nitrogen and oxygen atoms in total. The summed E-state index contributed by atoms with van der Waals surface area (Å²) in [5.74, 6) is 0. The number of hydrogen-bond donors (Lipinski definition) is 2. The molecule has 0 unspecified atom stereocenters. The first-order chi connectivity index (χ1) is 7.94. The third kappa shape index (κ3) is 5.26. The van der Waals surface area contributed by atoms with E-state index in [1.165, 1.54) is 0 Å². The lowest BCUT2D eigenvalue weighted by Crippen LogP contribution is -2.29. The monoisotopic (exact) mass is 275 g/mol. The Balaban J connectivity index is 2.43. The Morgan fingerprint density at radius 1 is 1.24 bits per heavy atom. The Hall–Kier alpha value is -0.280. The SMILES string of the molecule is CC(C)(CCO)CNCc1ccc(Cl)c(Cl)c1. The van der Waals surface area contributed by atoms with Gasteiger partial charge in [-0.25, -0.2) is 0 Å². The van der Waals surface area contributed by atoms with E-state index in [1.54, 1.807) is 6.07 Å². The fraction of sp³-hybridized carbons (Fsp3) is 0.538. The van der Waals surface area contributed by atoms with Crippen LogP contribution in [0.1, 0.15) is 25.8 Å². The first-order valence-electron chi connectivity index (χ1n) is 5.70. The van der Waals surface area contributed by atoms with Crippen LogP contribution in [0.15, 0.2) is 18.2 Å². The Kier molecular flexibility index (Phi) is 5.74. The van der Waals surface area contributed by atoms with Crippen LogP contribution >= 0.6 is 23.2 Å². The third-order valence-corrected chi connectivity index (χ3v) is 3.44. The molecule has 96 valence electrons. The van der Waals surface area contributed by atoms with Crippen LogP contribution in [0, 0.1) is 5.41 Å². The van der Waals surface area contributed by atoms with E-state index < -0.39 is 0 Å². The average Bonchev–Trinajstić information content (AvgIpc) is 2.23. The summed E-state index contributed by atoms with van der Waals surface area (Å²) >= 11 is 11.8. The molecule has 0 amide bonds. The number of aliphatic hydroxyl groups is 1. The number of halogens is 2. The molecule has 17 heavy (non-hydrogen) atoms. The maximum absolute atomic E-state index is 8.93. The van der Waals surface area contributed by atoms with Gasteiger partial charge >= 0.3 is 0 Å². The van der Waals surface area contributed by atoms with Crippen LogP contribution in [-0.4, -0.2) is 18.3 Å². The summed E-state index contributed by atoms with van der Waals surface area (Å²) in [4.78, 5) is 0. The van der Waals surface area contributed by atoms with E-state index in [0.717, 1.165) is 25.1 Å². The molecule has 0 spiro atoms. The van der Waals surface area contributed by atoms with Gasteiger partial charge in [0.05, 0.1) is 10.0 Å². The van der Waals surface area contributed by atoms with Gasteiger partial charge in [-0.2, -0.15) is 0 Å². The molecule has 1 aromatic rings. The minimum atomic E-state index is 0.102. The van der Waals surface area contributed by atoms with Crippen LogP contribution in [0.4, 0.5) is 0 Å². The fourth-order valence-corrected chi connectivity index (χ4v) is 1.91. The van der Waals surface area contributed by atoms with Crippen molar-refractivity contribution in [1.82, 2.24) is 5.32 Å². The maximum atomic E-state index is 8.93. The van der Waals surface area contributed by atoms with E-state index >= 15 is 0 Å². The van der Waals surface area contributed by atoms with Crippen molar-refractivity contribution in [3.8, 4) is 0 Å². The average molecular weight is 276 g/mol. The summed E-state index contributed by atoms with van der Waals surface area (Å²) in [7, 11) is 0. The first kappa shape index (κ1) is 14.8. The summed E-state index contributed by atoms with van der Waals surface area (Å²) in [6, 6.07) is 5.63. The van der Waals surface area contributed by atoms with Crippen molar-refractivity contribution in [2.75, 3.05) is 13.2 Å². The molecule has 0 aliphatic heterocycles. The predicted octanol–water partition coefficient (Wildman–Crippen LogP) is 3.49. The smallest absolute Gasteiger partial charge is 0.0595 e. The summed E-state index contributed by atoms with van der Waals surface area (Å²) in [6.07, 6.45) is 0.793. The molecule has 1 rings (SSSR count). The highest BCUT2D eigenvalue weighted by molar-refractivity contribution is 6.42. The van der Waals surface area contributed by atoms with Gasteiger partial charge in [-0.3, -0.25) is 0 Å². The van der Waals surface area contributed by atoms with E-state index in [0.29, 0.717) is 10.0 Å². The lowest BCUT2D eigenvalue weighted by Gasteiger charge is -2.24. The second kappa shape index (κ2) is 6.60. The number of nitrogens with one attached hydrogen (secondary N) is 1. The van der Waals surface area contributed by atoms with Gasteiger partial charge in [0.25, 0.3) is 0 Å². The van der Waals surface area contributed by atoms with Crippen molar-refractivity contribution in [2.24, 2.45) is 5.41 Å². The van der Waals surface area contributed by atoms with Crippen molar-refractivity contribution in [1.29, 1.82) is 0 Å². The normalized spacial score (nSPS) is 11.8. The standard InChI is InChI=1S/C13H19Cl2NO/c1-13(2,5-6-17)9-16-8-10-3-4-11(14)12(15)7-10/h3-4,7,16-17H,5-6,8-9H2,1-2H3. The fourth-order valence-electron chi connectivity index (χ4n) is 1.59. The molecule has 0 radical (unpaired) electrons. The van der Waals surface area contributed by atoms with Gasteiger partial charge in [-0.15, -0.1) is 0 Å². The van der Waals surface area contributed by atoms with Crippen molar-refractivity contribution < 1.29 is 5.11 Å². The quantitative estimate of drug-likeness (QED) is 0.833. The van der Waals surface area contributed by atoms with Crippen LogP contribution in [0.25, 0.3) is 0 Å². The number of benzene rings is 1. The summed E-state index contributed by atoms with van der Waals surface area (Å²) in [5, 5.41) is 13.4. The molecule has 0 aliphatic carbocycles. The van der Waals surface area contributed by atoms with E-state index in [1.807, 2.05) is 12.1 Å². The van der Waals surface area contributed by atoms with Crippen LogP contribution in [0.2, 0.25) is 10.0 Å². The zero-order valence-electron chi connectivity index (χ0n) is 10.3. The predicted molar refractivity (Wildman–Crippen MR) is 73.7 cm³/mol. The highest BCUT2D eigenvalue weighted by Crippen LogP contribution is 2.23. The zero-order chi connectivity index (χ0) is 12.9. The number of aliphatic hydroxyl groups excluding tert-OH is 1. The second-order valence-corrected chi connectivity index (χ2v) is 5.80. The Labute approximate surface area is 113 Å². The lowest BCUT2D eigenvalue weighted by atomic mass is 9.90. The van der Waals surface area contributed by atoms with E-state index in [-0.39, 0.29) is 12.0 Å². The highest BCUT2D eigenvalue weighted by Gasteiger charge is 2.16. The van der Waals surface area contributed by atoms with E-state index in [2.05, 4.69) is 19.2 Å². The molecule has 4 heteroatoms. The Morgan fingerprint density at radius 3 is 2.53 bits per heavy atom. The molecule has 0 saturated heterocycles. The van der Waals surface area contributed by atoms with E-state index in [9.17, 15) is 0 Å². The van der Waals surface area contributed by atoms with Gasteiger partial charge in [0, 0.05) is 19.7 Å². The maximum Gasteiger partial charge on any atom is 0.0595 e. The van der Waals surface area contributed by atoms with Crippen molar-refractivity contribution >= 4 is 23.2 Å². The van der Waals surface area contributed by atoms with Gasteiger partial charge in [-0.05, 0) is 29.5 Å². The molecule has 0 atom stereocenters. The topological polar surface area (TPSA) is 32.3 Å². The van der Waals surface area contributed by atoms with Gasteiger partial charge in [0.15, 0.2) is 0 Å². The Bertz CT molecular complexity index is 366. The lowest BCUT2D eigenvalue weighted by molar-refractivity contribution is 0.207. The van der Waals surface area contributed by atoms with E-state index in [4.69, 9.17) is 28.3 Å². The largest absolute Gasteiger partial charge is 0.396 e. The minimum Gasteiger partial charge on any atom is -0.396 e. The summed E-state index contributed by atoms with van der Waals surface area (Å²) in [5.41, 5.74) is 1.21. The second-order valence-electron chi connectivity index (χ2n) is 4.99.